The monoisotopic (exact) mass is 287 g/mol. The van der Waals surface area contributed by atoms with Crippen molar-refractivity contribution in [3.8, 4) is 0 Å². The van der Waals surface area contributed by atoms with Gasteiger partial charge in [0, 0.05) is 44.0 Å². The maximum absolute atomic E-state index is 6.49. The lowest BCUT2D eigenvalue weighted by Gasteiger charge is -2.40. The molecule has 1 aliphatic carbocycles. The van der Waals surface area contributed by atoms with Crippen molar-refractivity contribution >= 4 is 5.69 Å². The number of nitrogens with two attached hydrogens (primary N) is 1. The van der Waals surface area contributed by atoms with E-state index in [2.05, 4.69) is 48.8 Å². The average Bonchev–Trinajstić information content (AvgIpc) is 3.27. The van der Waals surface area contributed by atoms with Gasteiger partial charge in [0.25, 0.3) is 0 Å². The summed E-state index contributed by atoms with van der Waals surface area (Å²) in [7, 11) is 0. The zero-order chi connectivity index (χ0) is 15.0. The molecule has 1 aliphatic heterocycles. The number of hydrogen-bond donors (Lipinski definition) is 1. The van der Waals surface area contributed by atoms with E-state index in [0.29, 0.717) is 0 Å². The van der Waals surface area contributed by atoms with Gasteiger partial charge in [0.1, 0.15) is 0 Å². The van der Waals surface area contributed by atoms with Crippen LogP contribution in [0.5, 0.6) is 0 Å². The van der Waals surface area contributed by atoms with Crippen LogP contribution in [0.25, 0.3) is 0 Å². The molecule has 0 radical (unpaired) electrons. The second-order valence-electron chi connectivity index (χ2n) is 7.26. The molecule has 21 heavy (non-hydrogen) atoms. The normalized spacial score (nSPS) is 23.1. The van der Waals surface area contributed by atoms with Crippen LogP contribution < -0.4 is 10.6 Å². The minimum absolute atomic E-state index is 0.0153. The van der Waals surface area contributed by atoms with Crippen molar-refractivity contribution in [3.63, 3.8) is 0 Å². The minimum Gasteiger partial charge on any atom is -0.369 e. The molecule has 1 saturated heterocycles. The summed E-state index contributed by atoms with van der Waals surface area (Å²) >= 11 is 0. The Morgan fingerprint density at radius 2 is 1.81 bits per heavy atom. The first-order valence-corrected chi connectivity index (χ1v) is 8.30. The van der Waals surface area contributed by atoms with Crippen molar-refractivity contribution in [1.82, 2.24) is 4.90 Å². The van der Waals surface area contributed by atoms with Crippen molar-refractivity contribution in [3.05, 3.63) is 29.3 Å². The first-order chi connectivity index (χ1) is 9.97. The molecular weight excluding hydrogens is 258 g/mol. The molecule has 2 fully saturated rings. The zero-order valence-electron chi connectivity index (χ0n) is 13.7. The van der Waals surface area contributed by atoms with Crippen molar-refractivity contribution in [2.24, 2.45) is 11.7 Å². The van der Waals surface area contributed by atoms with Crippen molar-refractivity contribution < 1.29 is 0 Å². The van der Waals surface area contributed by atoms with E-state index >= 15 is 0 Å². The fourth-order valence-corrected chi connectivity index (χ4v) is 3.58. The lowest BCUT2D eigenvalue weighted by Crippen LogP contribution is -2.55. The summed E-state index contributed by atoms with van der Waals surface area (Å²) in [6.45, 7) is 12.2. The molecule has 1 aromatic carbocycles. The van der Waals surface area contributed by atoms with E-state index in [1.165, 1.54) is 29.7 Å². The van der Waals surface area contributed by atoms with Gasteiger partial charge in [0.05, 0.1) is 0 Å². The van der Waals surface area contributed by atoms with Gasteiger partial charge < -0.3 is 10.6 Å². The highest BCUT2D eigenvalue weighted by molar-refractivity contribution is 5.56. The SMILES string of the molecule is Cc1cccc(N2CCN(CC(C)(N)C3CC3)CC2)c1C. The first kappa shape index (κ1) is 14.9. The molecule has 0 amide bonds. The summed E-state index contributed by atoms with van der Waals surface area (Å²) in [6, 6.07) is 6.63. The number of hydrogen-bond acceptors (Lipinski definition) is 3. The Kier molecular flexibility index (Phi) is 3.98. The van der Waals surface area contributed by atoms with Crippen LogP contribution in [0.4, 0.5) is 5.69 Å². The molecular formula is C18H29N3. The lowest BCUT2D eigenvalue weighted by atomic mass is 9.96. The van der Waals surface area contributed by atoms with E-state index < -0.39 is 0 Å². The number of nitrogens with zero attached hydrogens (tertiary/aromatic N) is 2. The van der Waals surface area contributed by atoms with E-state index in [1.54, 1.807) is 0 Å². The molecule has 1 saturated carbocycles. The fourth-order valence-electron chi connectivity index (χ4n) is 3.58. The Balaban J connectivity index is 1.59. The Morgan fingerprint density at radius 3 is 2.43 bits per heavy atom. The molecule has 0 spiro atoms. The van der Waals surface area contributed by atoms with Gasteiger partial charge in [0.15, 0.2) is 0 Å². The van der Waals surface area contributed by atoms with Gasteiger partial charge in [-0.1, -0.05) is 12.1 Å². The van der Waals surface area contributed by atoms with Crippen LogP contribution in [0.1, 0.15) is 30.9 Å². The summed E-state index contributed by atoms with van der Waals surface area (Å²) in [5.74, 6) is 0.759. The van der Waals surface area contributed by atoms with Gasteiger partial charge in [-0.15, -0.1) is 0 Å². The lowest BCUT2D eigenvalue weighted by molar-refractivity contribution is 0.193. The zero-order valence-corrected chi connectivity index (χ0v) is 13.7. The van der Waals surface area contributed by atoms with Crippen LogP contribution in [-0.4, -0.2) is 43.2 Å². The molecule has 2 aliphatic rings. The van der Waals surface area contributed by atoms with Gasteiger partial charge in [-0.05, 0) is 56.7 Å². The van der Waals surface area contributed by atoms with Gasteiger partial charge in [-0.25, -0.2) is 0 Å². The Morgan fingerprint density at radius 1 is 1.14 bits per heavy atom. The van der Waals surface area contributed by atoms with E-state index in [1.807, 2.05) is 0 Å². The van der Waals surface area contributed by atoms with Crippen LogP contribution in [0.3, 0.4) is 0 Å². The molecule has 1 aromatic rings. The molecule has 0 aromatic heterocycles. The van der Waals surface area contributed by atoms with Crippen LogP contribution >= 0.6 is 0 Å². The van der Waals surface area contributed by atoms with Crippen molar-refractivity contribution in [1.29, 1.82) is 0 Å². The largest absolute Gasteiger partial charge is 0.369 e. The summed E-state index contributed by atoms with van der Waals surface area (Å²) in [5, 5.41) is 0. The molecule has 2 N–H and O–H groups in total. The highest BCUT2D eigenvalue weighted by Gasteiger charge is 2.39. The predicted octanol–water partition coefficient (Wildman–Crippen LogP) is 2.55. The summed E-state index contributed by atoms with van der Waals surface area (Å²) in [5.41, 5.74) is 10.7. The smallest absolute Gasteiger partial charge is 0.0399 e. The van der Waals surface area contributed by atoms with Crippen LogP contribution in [0, 0.1) is 19.8 Å². The fraction of sp³-hybridized carbons (Fsp3) is 0.667. The van der Waals surface area contributed by atoms with E-state index in [9.17, 15) is 0 Å². The number of aryl methyl sites for hydroxylation is 1. The summed E-state index contributed by atoms with van der Waals surface area (Å²) in [4.78, 5) is 5.09. The quantitative estimate of drug-likeness (QED) is 0.924. The van der Waals surface area contributed by atoms with Crippen LogP contribution in [0.15, 0.2) is 18.2 Å². The molecule has 1 unspecified atom stereocenters. The Labute approximate surface area is 129 Å². The van der Waals surface area contributed by atoms with Crippen LogP contribution in [-0.2, 0) is 0 Å². The number of benzene rings is 1. The molecule has 3 heteroatoms. The Bertz CT molecular complexity index is 497. The van der Waals surface area contributed by atoms with Crippen molar-refractivity contribution in [2.75, 3.05) is 37.6 Å². The van der Waals surface area contributed by atoms with E-state index in [4.69, 9.17) is 5.73 Å². The van der Waals surface area contributed by atoms with Gasteiger partial charge >= 0.3 is 0 Å². The van der Waals surface area contributed by atoms with Crippen LogP contribution in [0.2, 0.25) is 0 Å². The maximum atomic E-state index is 6.49. The third-order valence-electron chi connectivity index (χ3n) is 5.36. The van der Waals surface area contributed by atoms with E-state index in [-0.39, 0.29) is 5.54 Å². The topological polar surface area (TPSA) is 32.5 Å². The second-order valence-corrected chi connectivity index (χ2v) is 7.26. The highest BCUT2D eigenvalue weighted by Crippen LogP contribution is 2.38. The summed E-state index contributed by atoms with van der Waals surface area (Å²) in [6.07, 6.45) is 2.66. The molecule has 3 rings (SSSR count). The van der Waals surface area contributed by atoms with Crippen molar-refractivity contribution in [2.45, 2.75) is 39.2 Å². The molecule has 1 heterocycles. The first-order valence-electron chi connectivity index (χ1n) is 8.30. The number of piperazine rings is 1. The summed E-state index contributed by atoms with van der Waals surface area (Å²) < 4.78 is 0. The minimum atomic E-state index is 0.0153. The molecule has 3 nitrogen and oxygen atoms in total. The molecule has 116 valence electrons. The maximum Gasteiger partial charge on any atom is 0.0399 e. The van der Waals surface area contributed by atoms with Gasteiger partial charge in [-0.3, -0.25) is 4.90 Å². The van der Waals surface area contributed by atoms with Gasteiger partial charge in [0.2, 0.25) is 0 Å². The van der Waals surface area contributed by atoms with E-state index in [0.717, 1.165) is 38.6 Å². The number of rotatable bonds is 4. The molecule has 1 atom stereocenters. The predicted molar refractivity (Wildman–Crippen MR) is 89.9 cm³/mol. The number of anilines is 1. The average molecular weight is 287 g/mol. The third kappa shape index (κ3) is 3.24. The van der Waals surface area contributed by atoms with Gasteiger partial charge in [-0.2, -0.15) is 0 Å². The third-order valence-corrected chi connectivity index (χ3v) is 5.36. The highest BCUT2D eigenvalue weighted by atomic mass is 15.3. The second kappa shape index (κ2) is 5.62. The Hall–Kier alpha value is -1.06. The molecule has 0 bridgehead atoms. The standard InChI is InChI=1S/C18H29N3/c1-14-5-4-6-17(15(14)2)21-11-9-20(10-12-21)13-18(3,19)16-7-8-16/h4-6,16H,7-13,19H2,1-3H3.